The standard InChI is InChI=1S/C17H22N4OS/c1-11-18-12(2)21(19-11)14-6-4-8-20(10-14)17(22)16-9-13-5-3-7-15(13)23-16/h9,14H,3-8,10H2,1-2H3/t14-/m0/s1. The van der Waals surface area contributed by atoms with Crippen molar-refractivity contribution in [2.75, 3.05) is 13.1 Å². The van der Waals surface area contributed by atoms with E-state index in [-0.39, 0.29) is 11.9 Å². The highest BCUT2D eigenvalue weighted by atomic mass is 32.1. The van der Waals surface area contributed by atoms with E-state index >= 15 is 0 Å². The summed E-state index contributed by atoms with van der Waals surface area (Å²) in [7, 11) is 0. The minimum atomic E-state index is 0.198. The van der Waals surface area contributed by atoms with Crippen molar-refractivity contribution in [1.29, 1.82) is 0 Å². The van der Waals surface area contributed by atoms with Crippen molar-refractivity contribution in [3.8, 4) is 0 Å². The predicted octanol–water partition coefficient (Wildman–Crippen LogP) is 2.92. The number of aromatic nitrogens is 3. The molecule has 0 spiro atoms. The Morgan fingerprint density at radius 2 is 2.17 bits per heavy atom. The van der Waals surface area contributed by atoms with Gasteiger partial charge < -0.3 is 4.90 Å². The summed E-state index contributed by atoms with van der Waals surface area (Å²) in [6.45, 7) is 5.50. The highest BCUT2D eigenvalue weighted by molar-refractivity contribution is 7.14. The third kappa shape index (κ3) is 2.69. The van der Waals surface area contributed by atoms with Crippen LogP contribution in [-0.4, -0.2) is 38.7 Å². The van der Waals surface area contributed by atoms with E-state index < -0.39 is 0 Å². The molecule has 3 heterocycles. The van der Waals surface area contributed by atoms with Crippen molar-refractivity contribution in [1.82, 2.24) is 19.7 Å². The van der Waals surface area contributed by atoms with Gasteiger partial charge in [0.25, 0.3) is 5.91 Å². The molecule has 5 nitrogen and oxygen atoms in total. The lowest BCUT2D eigenvalue weighted by molar-refractivity contribution is 0.0676. The predicted molar refractivity (Wildman–Crippen MR) is 90.0 cm³/mol. The Bertz CT molecular complexity index is 726. The van der Waals surface area contributed by atoms with Gasteiger partial charge in [-0.05, 0) is 57.6 Å². The van der Waals surface area contributed by atoms with Gasteiger partial charge in [-0.1, -0.05) is 0 Å². The van der Waals surface area contributed by atoms with Crippen molar-refractivity contribution < 1.29 is 4.79 Å². The summed E-state index contributed by atoms with van der Waals surface area (Å²) in [5.74, 6) is 1.95. The molecule has 122 valence electrons. The molecule has 0 saturated carbocycles. The van der Waals surface area contributed by atoms with Gasteiger partial charge in [-0.25, -0.2) is 9.67 Å². The van der Waals surface area contributed by atoms with E-state index in [4.69, 9.17) is 0 Å². The molecular weight excluding hydrogens is 308 g/mol. The zero-order chi connectivity index (χ0) is 16.0. The Kier molecular flexibility index (Phi) is 3.71. The smallest absolute Gasteiger partial charge is 0.264 e. The molecule has 1 aliphatic heterocycles. The van der Waals surface area contributed by atoms with Gasteiger partial charge in [0.05, 0.1) is 10.9 Å². The lowest BCUT2D eigenvalue weighted by atomic mass is 10.1. The van der Waals surface area contributed by atoms with Gasteiger partial charge in [-0.2, -0.15) is 5.10 Å². The van der Waals surface area contributed by atoms with Crippen LogP contribution < -0.4 is 0 Å². The molecule has 1 aliphatic carbocycles. The topological polar surface area (TPSA) is 51.0 Å². The number of nitrogens with zero attached hydrogens (tertiary/aromatic N) is 4. The van der Waals surface area contributed by atoms with E-state index in [1.807, 2.05) is 23.4 Å². The molecule has 0 bridgehead atoms. The number of fused-ring (bicyclic) bond motifs is 1. The van der Waals surface area contributed by atoms with E-state index in [9.17, 15) is 4.79 Å². The van der Waals surface area contributed by atoms with Crippen LogP contribution in [0, 0.1) is 13.8 Å². The summed E-state index contributed by atoms with van der Waals surface area (Å²) in [5, 5.41) is 4.51. The number of amides is 1. The molecule has 0 aromatic carbocycles. The number of thiophene rings is 1. The first-order chi connectivity index (χ1) is 11.1. The van der Waals surface area contributed by atoms with E-state index in [0.29, 0.717) is 0 Å². The van der Waals surface area contributed by atoms with Crippen LogP contribution in [0.4, 0.5) is 0 Å². The summed E-state index contributed by atoms with van der Waals surface area (Å²) < 4.78 is 2.00. The van der Waals surface area contributed by atoms with Crippen LogP contribution in [0.1, 0.15) is 57.1 Å². The van der Waals surface area contributed by atoms with Crippen molar-refractivity contribution in [2.45, 2.75) is 52.0 Å². The van der Waals surface area contributed by atoms with Crippen molar-refractivity contribution in [2.24, 2.45) is 0 Å². The summed E-state index contributed by atoms with van der Waals surface area (Å²) >= 11 is 1.70. The van der Waals surface area contributed by atoms with Crippen LogP contribution in [0.15, 0.2) is 6.07 Å². The van der Waals surface area contributed by atoms with Crippen molar-refractivity contribution >= 4 is 17.2 Å². The zero-order valence-electron chi connectivity index (χ0n) is 13.7. The van der Waals surface area contributed by atoms with E-state index in [1.165, 1.54) is 16.9 Å². The molecule has 4 rings (SSSR count). The Balaban J connectivity index is 1.52. The van der Waals surface area contributed by atoms with Gasteiger partial charge in [0.15, 0.2) is 0 Å². The van der Waals surface area contributed by atoms with Gasteiger partial charge in [0.1, 0.15) is 11.6 Å². The van der Waals surface area contributed by atoms with Gasteiger partial charge >= 0.3 is 0 Å². The number of rotatable bonds is 2. The Labute approximate surface area is 140 Å². The minimum absolute atomic E-state index is 0.198. The second kappa shape index (κ2) is 5.74. The fraction of sp³-hybridized carbons (Fsp3) is 0.588. The third-order valence-electron chi connectivity index (χ3n) is 4.89. The van der Waals surface area contributed by atoms with Crippen LogP contribution in [0.5, 0.6) is 0 Å². The SMILES string of the molecule is Cc1nc(C)n([C@H]2CCCN(C(=O)c3cc4c(s3)CCC4)C2)n1. The van der Waals surface area contributed by atoms with Crippen LogP contribution >= 0.6 is 11.3 Å². The van der Waals surface area contributed by atoms with Crippen LogP contribution in [0.3, 0.4) is 0 Å². The number of hydrogen-bond donors (Lipinski definition) is 0. The maximum Gasteiger partial charge on any atom is 0.264 e. The van der Waals surface area contributed by atoms with Crippen LogP contribution in [-0.2, 0) is 12.8 Å². The fourth-order valence-corrected chi connectivity index (χ4v) is 5.03. The maximum atomic E-state index is 12.9. The molecule has 2 aromatic rings. The van der Waals surface area contributed by atoms with E-state index in [2.05, 4.69) is 16.1 Å². The van der Waals surface area contributed by atoms with Crippen LogP contribution in [0.2, 0.25) is 0 Å². The highest BCUT2D eigenvalue weighted by Gasteiger charge is 2.29. The first-order valence-corrected chi connectivity index (χ1v) is 9.24. The number of likely N-dealkylation sites (tertiary alicyclic amines) is 1. The average Bonchev–Trinajstić information content (AvgIpc) is 3.21. The molecule has 1 saturated heterocycles. The second-order valence-corrected chi connectivity index (χ2v) is 7.75. The Morgan fingerprint density at radius 1 is 1.30 bits per heavy atom. The minimum Gasteiger partial charge on any atom is -0.336 e. The summed E-state index contributed by atoms with van der Waals surface area (Å²) in [4.78, 5) is 21.6. The maximum absolute atomic E-state index is 12.9. The molecule has 1 atom stereocenters. The number of hydrogen-bond acceptors (Lipinski definition) is 4. The number of carbonyl (C=O) groups is 1. The Morgan fingerprint density at radius 3 is 2.91 bits per heavy atom. The molecular formula is C17H22N4OS. The lowest BCUT2D eigenvalue weighted by Crippen LogP contribution is -2.41. The fourth-order valence-electron chi connectivity index (χ4n) is 3.81. The quantitative estimate of drug-likeness (QED) is 0.851. The molecule has 1 fully saturated rings. The second-order valence-electron chi connectivity index (χ2n) is 6.61. The molecule has 2 aliphatic rings. The largest absolute Gasteiger partial charge is 0.336 e. The first-order valence-electron chi connectivity index (χ1n) is 8.42. The molecule has 0 radical (unpaired) electrons. The normalized spacial score (nSPS) is 20.8. The van der Waals surface area contributed by atoms with Gasteiger partial charge in [0, 0.05) is 18.0 Å². The number of aryl methyl sites for hydroxylation is 4. The molecule has 2 aromatic heterocycles. The monoisotopic (exact) mass is 330 g/mol. The summed E-state index contributed by atoms with van der Waals surface area (Å²) in [6, 6.07) is 2.38. The van der Waals surface area contributed by atoms with E-state index in [0.717, 1.165) is 55.3 Å². The Hall–Kier alpha value is -1.69. The van der Waals surface area contributed by atoms with Gasteiger partial charge in [-0.15, -0.1) is 11.3 Å². The van der Waals surface area contributed by atoms with Crippen molar-refractivity contribution in [3.63, 3.8) is 0 Å². The summed E-state index contributed by atoms with van der Waals surface area (Å²) in [5.41, 5.74) is 1.40. The molecule has 1 amide bonds. The summed E-state index contributed by atoms with van der Waals surface area (Å²) in [6.07, 6.45) is 5.62. The first kappa shape index (κ1) is 14.9. The molecule has 0 N–H and O–H groups in total. The van der Waals surface area contributed by atoms with Gasteiger partial charge in [0.2, 0.25) is 0 Å². The number of piperidine rings is 1. The molecule has 0 unspecified atom stereocenters. The van der Waals surface area contributed by atoms with Crippen LogP contribution in [0.25, 0.3) is 0 Å². The number of carbonyl (C=O) groups excluding carboxylic acids is 1. The average molecular weight is 330 g/mol. The van der Waals surface area contributed by atoms with Gasteiger partial charge in [-0.3, -0.25) is 4.79 Å². The molecule has 6 heteroatoms. The lowest BCUT2D eigenvalue weighted by Gasteiger charge is -2.32. The third-order valence-corrected chi connectivity index (χ3v) is 6.12. The van der Waals surface area contributed by atoms with E-state index in [1.54, 1.807) is 11.3 Å². The van der Waals surface area contributed by atoms with Crippen molar-refractivity contribution in [3.05, 3.63) is 33.0 Å². The zero-order valence-corrected chi connectivity index (χ0v) is 14.5. The highest BCUT2D eigenvalue weighted by Crippen LogP contribution is 2.32. The molecule has 23 heavy (non-hydrogen) atoms.